The van der Waals surface area contributed by atoms with Crippen molar-refractivity contribution in [2.45, 2.75) is 77.5 Å². The third-order valence-electron chi connectivity index (χ3n) is 7.42. The fourth-order valence-electron chi connectivity index (χ4n) is 4.95. The van der Waals surface area contributed by atoms with E-state index in [1.807, 2.05) is 30.5 Å². The SMILES string of the molecule is COC(=O)C(NC(=O)NC(C(=O)N[C@H]1CCCCNC(=O)/C=C/[C@H](Cc2c[nH]c3ccccc23)NC1=O)C(C)C)C(C)C. The van der Waals surface area contributed by atoms with E-state index in [0.29, 0.717) is 32.2 Å². The van der Waals surface area contributed by atoms with Crippen LogP contribution >= 0.6 is 0 Å². The van der Waals surface area contributed by atoms with Crippen molar-refractivity contribution in [1.29, 1.82) is 0 Å². The summed E-state index contributed by atoms with van der Waals surface area (Å²) in [6.07, 6.45) is 6.92. The topological polar surface area (TPSA) is 171 Å². The van der Waals surface area contributed by atoms with E-state index in [9.17, 15) is 24.0 Å². The molecule has 3 rings (SSSR count). The number of carbonyl (C=O) groups is 5. The van der Waals surface area contributed by atoms with E-state index in [4.69, 9.17) is 4.74 Å². The van der Waals surface area contributed by atoms with Gasteiger partial charge in [-0.2, -0.15) is 0 Å². The average molecular weight is 597 g/mol. The highest BCUT2D eigenvalue weighted by molar-refractivity contribution is 5.93. The number of urea groups is 1. The molecule has 2 heterocycles. The lowest BCUT2D eigenvalue weighted by Gasteiger charge is -2.27. The number of hydrogen-bond donors (Lipinski definition) is 6. The molecule has 0 spiro atoms. The number of H-pyrrole nitrogens is 1. The molecule has 0 saturated heterocycles. The van der Waals surface area contributed by atoms with Crippen molar-refractivity contribution in [2.75, 3.05) is 13.7 Å². The van der Waals surface area contributed by atoms with Gasteiger partial charge < -0.3 is 36.3 Å². The zero-order valence-corrected chi connectivity index (χ0v) is 25.5. The second-order valence-corrected chi connectivity index (χ2v) is 11.5. The number of aromatic amines is 1. The molecule has 1 aliphatic rings. The maximum absolute atomic E-state index is 13.6. The average Bonchev–Trinajstić information content (AvgIpc) is 3.37. The largest absolute Gasteiger partial charge is 0.467 e. The van der Waals surface area contributed by atoms with Crippen LogP contribution in [0.4, 0.5) is 4.79 Å². The number of carbonyl (C=O) groups excluding carboxylic acids is 5. The molecule has 12 nitrogen and oxygen atoms in total. The summed E-state index contributed by atoms with van der Waals surface area (Å²) in [6, 6.07) is 3.88. The number of hydrogen-bond acceptors (Lipinski definition) is 6. The van der Waals surface area contributed by atoms with Gasteiger partial charge in [0.05, 0.1) is 13.2 Å². The third kappa shape index (κ3) is 9.59. The standard InChI is InChI=1S/C31H44N6O6/c1-18(2)26(36-31(42)37-27(19(3)4)30(41)43-5)29(40)35-24-12-8-9-15-32-25(38)14-13-21(34-28(24)39)16-20-17-33-23-11-7-6-10-22(20)23/h6-7,10-11,13-14,17-19,21,24,26-27,33H,8-9,12,15-16H2,1-5H3,(H,32,38)(H,34,39)(H,35,40)(H2,36,37,42)/b14-13+/t21-,24+,26?,27?/m1/s1. The van der Waals surface area contributed by atoms with Crippen molar-refractivity contribution in [2.24, 2.45) is 11.8 Å². The van der Waals surface area contributed by atoms with Crippen molar-refractivity contribution in [1.82, 2.24) is 31.6 Å². The van der Waals surface area contributed by atoms with E-state index in [2.05, 4.69) is 31.6 Å². The van der Waals surface area contributed by atoms with Crippen LogP contribution in [-0.2, 0) is 30.3 Å². The van der Waals surface area contributed by atoms with Gasteiger partial charge in [0.25, 0.3) is 0 Å². The fraction of sp³-hybridized carbons (Fsp3) is 0.516. The van der Waals surface area contributed by atoms with Gasteiger partial charge >= 0.3 is 12.0 Å². The lowest BCUT2D eigenvalue weighted by molar-refractivity contribution is -0.144. The van der Waals surface area contributed by atoms with Crippen LogP contribution in [0.1, 0.15) is 52.5 Å². The Kier molecular flexibility index (Phi) is 12.2. The molecule has 0 aliphatic carbocycles. The minimum absolute atomic E-state index is 0.236. The number of nitrogens with one attached hydrogen (secondary N) is 6. The second kappa shape index (κ2) is 15.8. The van der Waals surface area contributed by atoms with Crippen molar-refractivity contribution < 1.29 is 28.7 Å². The quantitative estimate of drug-likeness (QED) is 0.242. The van der Waals surface area contributed by atoms with Crippen LogP contribution in [0.25, 0.3) is 10.9 Å². The van der Waals surface area contributed by atoms with Gasteiger partial charge in [0.2, 0.25) is 17.7 Å². The number of ether oxygens (including phenoxy) is 1. The van der Waals surface area contributed by atoms with Gasteiger partial charge in [0, 0.05) is 29.7 Å². The first-order valence-corrected chi connectivity index (χ1v) is 14.8. The van der Waals surface area contributed by atoms with Gasteiger partial charge in [-0.25, -0.2) is 9.59 Å². The summed E-state index contributed by atoms with van der Waals surface area (Å²) in [6.45, 7) is 7.52. The highest BCUT2D eigenvalue weighted by Crippen LogP contribution is 2.20. The van der Waals surface area contributed by atoms with Gasteiger partial charge in [-0.3, -0.25) is 14.4 Å². The minimum atomic E-state index is -0.971. The Morgan fingerprint density at radius 1 is 1.00 bits per heavy atom. The molecule has 0 saturated carbocycles. The number of fused-ring (bicyclic) bond motifs is 1. The van der Waals surface area contributed by atoms with Gasteiger partial charge in [-0.05, 0) is 49.1 Å². The molecule has 2 unspecified atom stereocenters. The van der Waals surface area contributed by atoms with Crippen molar-refractivity contribution in [3.8, 4) is 0 Å². The highest BCUT2D eigenvalue weighted by Gasteiger charge is 2.31. The summed E-state index contributed by atoms with van der Waals surface area (Å²) in [7, 11) is 1.24. The Hall–Kier alpha value is -4.35. The molecule has 43 heavy (non-hydrogen) atoms. The molecule has 0 fully saturated rings. The van der Waals surface area contributed by atoms with Crippen LogP contribution in [0.3, 0.4) is 0 Å². The Labute approximate surface area is 252 Å². The van der Waals surface area contributed by atoms with E-state index >= 15 is 0 Å². The summed E-state index contributed by atoms with van der Waals surface area (Å²) < 4.78 is 4.78. The molecule has 6 N–H and O–H groups in total. The molecule has 0 radical (unpaired) electrons. The molecule has 1 aromatic heterocycles. The molecule has 1 aromatic carbocycles. The third-order valence-corrected chi connectivity index (χ3v) is 7.42. The number of methoxy groups -OCH3 is 1. The van der Waals surface area contributed by atoms with Gasteiger partial charge in [-0.1, -0.05) is 52.0 Å². The first-order chi connectivity index (χ1) is 20.5. The van der Waals surface area contributed by atoms with Crippen LogP contribution in [0, 0.1) is 11.8 Å². The predicted octanol–water partition coefficient (Wildman–Crippen LogP) is 2.06. The fourth-order valence-corrected chi connectivity index (χ4v) is 4.95. The molecular formula is C31H44N6O6. The van der Waals surface area contributed by atoms with Crippen molar-refractivity contribution in [3.63, 3.8) is 0 Å². The second-order valence-electron chi connectivity index (χ2n) is 11.5. The number of benzene rings is 1. The number of para-hydroxylation sites is 1. The number of rotatable bonds is 9. The highest BCUT2D eigenvalue weighted by atomic mass is 16.5. The first-order valence-electron chi connectivity index (χ1n) is 14.8. The van der Waals surface area contributed by atoms with Crippen molar-refractivity contribution in [3.05, 3.63) is 48.2 Å². The van der Waals surface area contributed by atoms with Crippen LogP contribution in [0.15, 0.2) is 42.6 Å². The molecule has 2 aromatic rings. The normalized spacial score (nSPS) is 20.2. The van der Waals surface area contributed by atoms with Crippen LogP contribution < -0.4 is 26.6 Å². The van der Waals surface area contributed by atoms with E-state index in [1.165, 1.54) is 13.2 Å². The maximum atomic E-state index is 13.6. The maximum Gasteiger partial charge on any atom is 0.328 e. The predicted molar refractivity (Wildman–Crippen MR) is 163 cm³/mol. The molecule has 234 valence electrons. The molecular weight excluding hydrogens is 552 g/mol. The number of amides is 5. The van der Waals surface area contributed by atoms with Crippen LogP contribution in [0.2, 0.25) is 0 Å². The summed E-state index contributed by atoms with van der Waals surface area (Å²) in [5.41, 5.74) is 1.94. The Morgan fingerprint density at radius 2 is 1.70 bits per heavy atom. The zero-order chi connectivity index (χ0) is 31.5. The lowest BCUT2D eigenvalue weighted by atomic mass is 10.0. The minimum Gasteiger partial charge on any atom is -0.467 e. The molecule has 1 aliphatic heterocycles. The van der Waals surface area contributed by atoms with E-state index in [0.717, 1.165) is 16.5 Å². The molecule has 5 amide bonds. The van der Waals surface area contributed by atoms with Gasteiger partial charge in [0.15, 0.2) is 0 Å². The zero-order valence-electron chi connectivity index (χ0n) is 25.5. The number of aromatic nitrogens is 1. The van der Waals surface area contributed by atoms with Crippen molar-refractivity contribution >= 4 is 40.6 Å². The number of esters is 1. The summed E-state index contributed by atoms with van der Waals surface area (Å²) in [5, 5.41) is 14.9. The molecule has 0 bridgehead atoms. The van der Waals surface area contributed by atoms with E-state index in [1.54, 1.807) is 33.8 Å². The monoisotopic (exact) mass is 596 g/mol. The van der Waals surface area contributed by atoms with Crippen LogP contribution in [0.5, 0.6) is 0 Å². The van der Waals surface area contributed by atoms with Gasteiger partial charge in [0.1, 0.15) is 18.1 Å². The Balaban J connectivity index is 1.75. The summed E-state index contributed by atoms with van der Waals surface area (Å²) in [5.74, 6) is -2.29. The summed E-state index contributed by atoms with van der Waals surface area (Å²) in [4.78, 5) is 67.4. The Morgan fingerprint density at radius 3 is 2.40 bits per heavy atom. The van der Waals surface area contributed by atoms with E-state index < -0.39 is 42.1 Å². The van der Waals surface area contributed by atoms with E-state index in [-0.39, 0.29) is 23.7 Å². The van der Waals surface area contributed by atoms with Gasteiger partial charge in [-0.15, -0.1) is 0 Å². The smallest absolute Gasteiger partial charge is 0.328 e. The Bertz CT molecular complexity index is 1320. The first kappa shape index (κ1) is 33.2. The lowest BCUT2D eigenvalue weighted by Crippen LogP contribution is -2.59. The summed E-state index contributed by atoms with van der Waals surface area (Å²) >= 11 is 0. The van der Waals surface area contributed by atoms with Crippen LogP contribution in [-0.4, -0.2) is 72.5 Å². The molecule has 12 heteroatoms. The molecule has 4 atom stereocenters.